The van der Waals surface area contributed by atoms with Crippen molar-refractivity contribution in [3.8, 4) is 0 Å². The molecule has 0 radical (unpaired) electrons. The van der Waals surface area contributed by atoms with Gasteiger partial charge < -0.3 is 0 Å². The van der Waals surface area contributed by atoms with Crippen LogP contribution in [0.25, 0.3) is 0 Å². The molecule has 0 unspecified atom stereocenters. The molecule has 0 aromatic carbocycles. The van der Waals surface area contributed by atoms with Crippen molar-refractivity contribution in [2.45, 2.75) is 10.7 Å². The Morgan fingerprint density at radius 3 is 1.80 bits per heavy atom. The number of hydrogen-bond acceptors (Lipinski definition) is 3. The summed E-state index contributed by atoms with van der Waals surface area (Å²) in [6.45, 7) is 0. The monoisotopic (exact) mass is 302 g/mol. The molecule has 0 saturated heterocycles. The summed E-state index contributed by atoms with van der Waals surface area (Å²) in [6.07, 6.45) is 0. The lowest BCUT2D eigenvalue weighted by molar-refractivity contribution is 1.45. The first-order valence-corrected chi connectivity index (χ1v) is 6.39. The molecule has 0 fully saturated rings. The smallest absolute Gasteiger partial charge is 0.265 e. The van der Waals surface area contributed by atoms with Crippen LogP contribution in [0.5, 0.6) is 0 Å². The minimum atomic E-state index is 0.184. The molecular formula is C5H4Br2OS2. The van der Waals surface area contributed by atoms with E-state index < -0.39 is 0 Å². The average Bonchev–Trinajstić information content (AvgIpc) is 2.30. The second-order valence-electron chi connectivity index (χ2n) is 1.57. The second-order valence-corrected chi connectivity index (χ2v) is 5.08. The molecule has 1 aromatic heterocycles. The molecule has 10 heavy (non-hydrogen) atoms. The molecule has 0 aliphatic carbocycles. The summed E-state index contributed by atoms with van der Waals surface area (Å²) < 4.78 is 0.184. The number of hydrogen-bond donors (Lipinski definition) is 0. The predicted molar refractivity (Wildman–Crippen MR) is 53.7 cm³/mol. The van der Waals surface area contributed by atoms with Crippen LogP contribution in [0.15, 0.2) is 4.79 Å². The molecule has 0 atom stereocenters. The highest BCUT2D eigenvalue weighted by Gasteiger charge is 2.04. The van der Waals surface area contributed by atoms with Crippen molar-refractivity contribution in [2.75, 3.05) is 0 Å². The van der Waals surface area contributed by atoms with Gasteiger partial charge in [-0.15, -0.1) is 0 Å². The van der Waals surface area contributed by atoms with Gasteiger partial charge in [0.05, 0.1) is 0 Å². The van der Waals surface area contributed by atoms with Gasteiger partial charge in [0.15, 0.2) is 0 Å². The molecule has 1 aromatic rings. The molecule has 1 rings (SSSR count). The van der Waals surface area contributed by atoms with Crippen molar-refractivity contribution in [3.05, 3.63) is 18.6 Å². The first-order chi connectivity index (χ1) is 4.77. The van der Waals surface area contributed by atoms with E-state index >= 15 is 0 Å². The van der Waals surface area contributed by atoms with Crippen LogP contribution in [0.1, 0.15) is 9.75 Å². The summed E-state index contributed by atoms with van der Waals surface area (Å²) >= 11 is 9.29. The van der Waals surface area contributed by atoms with Crippen LogP contribution in [0.2, 0.25) is 0 Å². The maximum atomic E-state index is 10.8. The van der Waals surface area contributed by atoms with Crippen LogP contribution in [-0.4, -0.2) is 0 Å². The van der Waals surface area contributed by atoms with Crippen LogP contribution in [0, 0.1) is 0 Å². The first kappa shape index (κ1) is 8.90. The number of alkyl halides is 2. The van der Waals surface area contributed by atoms with Gasteiger partial charge in [0.2, 0.25) is 0 Å². The van der Waals surface area contributed by atoms with Crippen molar-refractivity contribution in [2.24, 2.45) is 0 Å². The number of halogens is 2. The third-order valence-electron chi connectivity index (χ3n) is 0.967. The molecule has 1 heterocycles. The van der Waals surface area contributed by atoms with E-state index in [2.05, 4.69) is 31.9 Å². The van der Waals surface area contributed by atoms with E-state index in [0.717, 1.165) is 20.4 Å². The van der Waals surface area contributed by atoms with Gasteiger partial charge in [-0.1, -0.05) is 54.5 Å². The fourth-order valence-corrected chi connectivity index (χ4v) is 4.18. The molecule has 0 N–H and O–H groups in total. The van der Waals surface area contributed by atoms with Gasteiger partial charge >= 0.3 is 0 Å². The molecule has 0 amide bonds. The fraction of sp³-hybridized carbons (Fsp3) is 0.400. The van der Waals surface area contributed by atoms with Crippen molar-refractivity contribution in [1.29, 1.82) is 0 Å². The van der Waals surface area contributed by atoms with Gasteiger partial charge in [-0.05, 0) is 0 Å². The molecule has 0 aliphatic heterocycles. The Balaban J connectivity index is 3.08. The van der Waals surface area contributed by atoms with E-state index in [1.54, 1.807) is 0 Å². The van der Waals surface area contributed by atoms with E-state index in [9.17, 15) is 4.79 Å². The lowest BCUT2D eigenvalue weighted by atomic mass is 10.5. The molecule has 0 spiro atoms. The van der Waals surface area contributed by atoms with E-state index in [-0.39, 0.29) is 4.06 Å². The Morgan fingerprint density at radius 1 is 1.10 bits per heavy atom. The van der Waals surface area contributed by atoms with Gasteiger partial charge in [-0.3, -0.25) is 4.79 Å². The van der Waals surface area contributed by atoms with E-state index in [4.69, 9.17) is 0 Å². The molecule has 1 nitrogen and oxygen atoms in total. The summed E-state index contributed by atoms with van der Waals surface area (Å²) in [4.78, 5) is 13.1. The van der Waals surface area contributed by atoms with Crippen molar-refractivity contribution in [1.82, 2.24) is 0 Å². The highest BCUT2D eigenvalue weighted by atomic mass is 79.9. The van der Waals surface area contributed by atoms with E-state index in [1.165, 1.54) is 22.7 Å². The van der Waals surface area contributed by atoms with Gasteiger partial charge in [0.1, 0.15) is 0 Å². The fourth-order valence-electron chi connectivity index (χ4n) is 0.539. The van der Waals surface area contributed by atoms with Gasteiger partial charge in [0, 0.05) is 20.4 Å². The molecule has 0 bridgehead atoms. The molecular weight excluding hydrogens is 300 g/mol. The maximum Gasteiger partial charge on any atom is 0.287 e. The Morgan fingerprint density at radius 2 is 1.50 bits per heavy atom. The number of rotatable bonds is 2. The minimum absolute atomic E-state index is 0.184. The Labute approximate surface area is 83.3 Å². The summed E-state index contributed by atoms with van der Waals surface area (Å²) in [7, 11) is 0. The van der Waals surface area contributed by atoms with Crippen molar-refractivity contribution < 1.29 is 0 Å². The highest BCUT2D eigenvalue weighted by molar-refractivity contribution is 9.09. The largest absolute Gasteiger partial charge is 0.287 e. The standard InChI is InChI=1S/C5H4Br2OS2/c6-1-3-4(2-7)10-5(8)9-3/h1-2H2. The highest BCUT2D eigenvalue weighted by Crippen LogP contribution is 2.21. The van der Waals surface area contributed by atoms with Crippen LogP contribution in [-0.2, 0) is 10.7 Å². The molecule has 5 heteroatoms. The summed E-state index contributed by atoms with van der Waals surface area (Å²) in [5, 5.41) is 1.58. The molecule has 0 aliphatic rings. The van der Waals surface area contributed by atoms with Gasteiger partial charge in [-0.25, -0.2) is 0 Å². The molecule has 56 valence electrons. The summed E-state index contributed by atoms with van der Waals surface area (Å²) in [5.74, 6) is 0. The van der Waals surface area contributed by atoms with Crippen LogP contribution >= 0.6 is 54.5 Å². The topological polar surface area (TPSA) is 17.1 Å². The maximum absolute atomic E-state index is 10.8. The van der Waals surface area contributed by atoms with Crippen LogP contribution in [0.3, 0.4) is 0 Å². The molecule has 0 saturated carbocycles. The Hall–Kier alpha value is 0.810. The Bertz CT molecular complexity index is 240. The normalized spacial score (nSPS) is 10.2. The minimum Gasteiger partial charge on any atom is -0.265 e. The van der Waals surface area contributed by atoms with Crippen LogP contribution < -0.4 is 4.06 Å². The summed E-state index contributed by atoms with van der Waals surface area (Å²) in [5.41, 5.74) is 0. The third kappa shape index (κ3) is 1.90. The zero-order valence-electron chi connectivity index (χ0n) is 4.89. The van der Waals surface area contributed by atoms with Crippen molar-refractivity contribution >= 4 is 54.5 Å². The third-order valence-corrected chi connectivity index (χ3v) is 5.07. The Kier molecular flexibility index (Phi) is 3.55. The quantitative estimate of drug-likeness (QED) is 0.768. The summed E-state index contributed by atoms with van der Waals surface area (Å²) in [6, 6.07) is 0. The predicted octanol–water partition coefficient (Wildman–Crippen LogP) is 2.96. The van der Waals surface area contributed by atoms with E-state index in [1.807, 2.05) is 0 Å². The zero-order chi connectivity index (χ0) is 7.56. The lowest BCUT2D eigenvalue weighted by Gasteiger charge is -1.88. The first-order valence-electron chi connectivity index (χ1n) is 2.51. The SMILES string of the molecule is O=c1sc(CBr)c(CBr)s1. The van der Waals surface area contributed by atoms with Crippen molar-refractivity contribution in [3.63, 3.8) is 0 Å². The lowest BCUT2D eigenvalue weighted by Crippen LogP contribution is -1.74. The average molecular weight is 304 g/mol. The van der Waals surface area contributed by atoms with Crippen LogP contribution in [0.4, 0.5) is 0 Å². The zero-order valence-corrected chi connectivity index (χ0v) is 9.70. The van der Waals surface area contributed by atoms with Gasteiger partial charge in [0.25, 0.3) is 4.06 Å². The second kappa shape index (κ2) is 3.99. The van der Waals surface area contributed by atoms with E-state index in [0.29, 0.717) is 0 Å². The van der Waals surface area contributed by atoms with Gasteiger partial charge in [-0.2, -0.15) is 0 Å².